The number of benzene rings is 2. The van der Waals surface area contributed by atoms with E-state index in [1.807, 2.05) is 25.1 Å². The van der Waals surface area contributed by atoms with Crippen molar-refractivity contribution >= 4 is 0 Å². The monoisotopic (exact) mass is 293 g/mol. The van der Waals surface area contributed by atoms with Gasteiger partial charge < -0.3 is 5.32 Å². The molecular formula is C17H18F3N. The maximum Gasteiger partial charge on any atom is 0.195 e. The predicted octanol–water partition coefficient (Wildman–Crippen LogP) is 4.58. The summed E-state index contributed by atoms with van der Waals surface area (Å²) in [5.41, 5.74) is 2.47. The lowest BCUT2D eigenvalue weighted by atomic mass is 9.97. The topological polar surface area (TPSA) is 12.0 Å². The molecule has 0 aliphatic rings. The Morgan fingerprint density at radius 3 is 2.43 bits per heavy atom. The Balaban J connectivity index is 2.39. The van der Waals surface area contributed by atoms with Gasteiger partial charge >= 0.3 is 0 Å². The molecule has 0 aliphatic heterocycles. The molecule has 1 nitrogen and oxygen atoms in total. The Morgan fingerprint density at radius 1 is 0.952 bits per heavy atom. The van der Waals surface area contributed by atoms with Crippen molar-refractivity contribution in [3.63, 3.8) is 0 Å². The molecule has 0 aromatic heterocycles. The van der Waals surface area contributed by atoms with E-state index in [2.05, 4.69) is 12.2 Å². The summed E-state index contributed by atoms with van der Waals surface area (Å²) in [5, 5.41) is 3.26. The zero-order chi connectivity index (χ0) is 15.4. The summed E-state index contributed by atoms with van der Waals surface area (Å²) < 4.78 is 40.4. The van der Waals surface area contributed by atoms with E-state index in [4.69, 9.17) is 0 Å². The summed E-state index contributed by atoms with van der Waals surface area (Å²) in [7, 11) is 0. The molecule has 0 amide bonds. The molecule has 0 bridgehead atoms. The molecule has 0 unspecified atom stereocenters. The first-order valence-corrected chi connectivity index (χ1v) is 6.98. The zero-order valence-electron chi connectivity index (χ0n) is 12.1. The average Bonchev–Trinajstić information content (AvgIpc) is 2.47. The number of hydrogen-bond donors (Lipinski definition) is 1. The van der Waals surface area contributed by atoms with Crippen molar-refractivity contribution in [3.05, 3.63) is 58.9 Å². The average molecular weight is 293 g/mol. The van der Waals surface area contributed by atoms with Gasteiger partial charge in [0.25, 0.3) is 0 Å². The molecule has 1 N–H and O–H groups in total. The van der Waals surface area contributed by atoms with Gasteiger partial charge in [-0.15, -0.1) is 0 Å². The second kappa shape index (κ2) is 6.76. The van der Waals surface area contributed by atoms with Gasteiger partial charge in [-0.2, -0.15) is 0 Å². The quantitative estimate of drug-likeness (QED) is 0.628. The lowest BCUT2D eigenvalue weighted by molar-refractivity contribution is 0.449. The molecule has 0 fully saturated rings. The lowest BCUT2D eigenvalue weighted by Crippen LogP contribution is -2.13. The van der Waals surface area contributed by atoms with Crippen molar-refractivity contribution in [3.8, 4) is 11.1 Å². The summed E-state index contributed by atoms with van der Waals surface area (Å²) in [6.07, 6.45) is 1.02. The van der Waals surface area contributed by atoms with Gasteiger partial charge in [0.1, 0.15) is 0 Å². The van der Waals surface area contributed by atoms with E-state index in [0.29, 0.717) is 12.1 Å². The van der Waals surface area contributed by atoms with Gasteiger partial charge in [0.05, 0.1) is 0 Å². The number of hydrogen-bond acceptors (Lipinski definition) is 1. The van der Waals surface area contributed by atoms with Crippen LogP contribution in [0.1, 0.15) is 24.5 Å². The second-order valence-corrected chi connectivity index (χ2v) is 5.05. The third kappa shape index (κ3) is 3.45. The molecule has 4 heteroatoms. The standard InChI is InChI=1S/C17H18F3N/c1-3-8-21-10-12-5-4-11(2)14(9-12)13-6-7-15(18)17(20)16(13)19/h4-7,9,21H,3,8,10H2,1-2H3. The summed E-state index contributed by atoms with van der Waals surface area (Å²) in [6, 6.07) is 7.85. The Kier molecular flexibility index (Phi) is 5.02. The molecule has 0 saturated carbocycles. The van der Waals surface area contributed by atoms with E-state index in [1.165, 1.54) is 6.07 Å². The molecule has 0 radical (unpaired) electrons. The molecule has 2 rings (SSSR count). The zero-order valence-corrected chi connectivity index (χ0v) is 12.1. The molecule has 0 spiro atoms. The highest BCUT2D eigenvalue weighted by atomic mass is 19.2. The van der Waals surface area contributed by atoms with E-state index >= 15 is 0 Å². The first-order chi connectivity index (χ1) is 10.0. The van der Waals surface area contributed by atoms with Gasteiger partial charge in [-0.05, 0) is 54.8 Å². The van der Waals surface area contributed by atoms with Crippen molar-refractivity contribution in [1.29, 1.82) is 0 Å². The van der Waals surface area contributed by atoms with Crippen LogP contribution in [0.5, 0.6) is 0 Å². The van der Waals surface area contributed by atoms with Crippen LogP contribution in [0.3, 0.4) is 0 Å². The van der Waals surface area contributed by atoms with Crippen molar-refractivity contribution in [2.75, 3.05) is 6.54 Å². The first kappa shape index (κ1) is 15.6. The van der Waals surface area contributed by atoms with Crippen LogP contribution in [0.15, 0.2) is 30.3 Å². The largest absolute Gasteiger partial charge is 0.313 e. The highest BCUT2D eigenvalue weighted by Crippen LogP contribution is 2.29. The minimum Gasteiger partial charge on any atom is -0.313 e. The van der Waals surface area contributed by atoms with E-state index in [0.717, 1.165) is 30.2 Å². The fraction of sp³-hybridized carbons (Fsp3) is 0.294. The normalized spacial score (nSPS) is 10.9. The summed E-state index contributed by atoms with van der Waals surface area (Å²) in [5.74, 6) is -3.74. The second-order valence-electron chi connectivity index (χ2n) is 5.05. The molecule has 2 aromatic carbocycles. The predicted molar refractivity (Wildman–Crippen MR) is 78.5 cm³/mol. The Morgan fingerprint density at radius 2 is 1.71 bits per heavy atom. The molecule has 2 aromatic rings. The molecule has 0 heterocycles. The van der Waals surface area contributed by atoms with Crippen LogP contribution in [-0.2, 0) is 6.54 Å². The summed E-state index contributed by atoms with van der Waals surface area (Å²) >= 11 is 0. The summed E-state index contributed by atoms with van der Waals surface area (Å²) in [4.78, 5) is 0. The van der Waals surface area contributed by atoms with Gasteiger partial charge in [-0.25, -0.2) is 13.2 Å². The third-order valence-corrected chi connectivity index (χ3v) is 3.38. The van der Waals surface area contributed by atoms with Crippen LogP contribution in [-0.4, -0.2) is 6.54 Å². The van der Waals surface area contributed by atoms with Crippen LogP contribution >= 0.6 is 0 Å². The van der Waals surface area contributed by atoms with Gasteiger partial charge in [-0.3, -0.25) is 0 Å². The van der Waals surface area contributed by atoms with Crippen LogP contribution in [0.2, 0.25) is 0 Å². The molecule has 0 atom stereocenters. The minimum atomic E-state index is -1.43. The SMILES string of the molecule is CCCNCc1ccc(C)c(-c2ccc(F)c(F)c2F)c1. The smallest absolute Gasteiger partial charge is 0.195 e. The van der Waals surface area contributed by atoms with Gasteiger partial charge in [0.15, 0.2) is 17.5 Å². The van der Waals surface area contributed by atoms with Crippen LogP contribution in [0.25, 0.3) is 11.1 Å². The lowest BCUT2D eigenvalue weighted by Gasteiger charge is -2.11. The maximum atomic E-state index is 13.9. The number of nitrogens with one attached hydrogen (secondary N) is 1. The Bertz CT molecular complexity index is 638. The highest BCUT2D eigenvalue weighted by Gasteiger charge is 2.16. The van der Waals surface area contributed by atoms with Crippen molar-refractivity contribution in [1.82, 2.24) is 5.32 Å². The van der Waals surface area contributed by atoms with Gasteiger partial charge in [0.2, 0.25) is 0 Å². The number of halogens is 3. The van der Waals surface area contributed by atoms with Gasteiger partial charge in [-0.1, -0.05) is 19.1 Å². The third-order valence-electron chi connectivity index (χ3n) is 3.38. The fourth-order valence-corrected chi connectivity index (χ4v) is 2.21. The van der Waals surface area contributed by atoms with Crippen LogP contribution in [0, 0.1) is 24.4 Å². The van der Waals surface area contributed by atoms with E-state index in [-0.39, 0.29) is 5.56 Å². The van der Waals surface area contributed by atoms with Crippen molar-refractivity contribution in [2.24, 2.45) is 0 Å². The van der Waals surface area contributed by atoms with Gasteiger partial charge in [0, 0.05) is 12.1 Å². The molecule has 21 heavy (non-hydrogen) atoms. The number of aryl methyl sites for hydroxylation is 1. The van der Waals surface area contributed by atoms with Crippen molar-refractivity contribution in [2.45, 2.75) is 26.8 Å². The maximum absolute atomic E-state index is 13.9. The Hall–Kier alpha value is -1.81. The minimum absolute atomic E-state index is 0.0868. The molecular weight excluding hydrogens is 275 g/mol. The highest BCUT2D eigenvalue weighted by molar-refractivity contribution is 5.68. The van der Waals surface area contributed by atoms with E-state index < -0.39 is 17.5 Å². The molecule has 0 saturated heterocycles. The van der Waals surface area contributed by atoms with E-state index in [9.17, 15) is 13.2 Å². The van der Waals surface area contributed by atoms with Crippen LogP contribution < -0.4 is 5.32 Å². The van der Waals surface area contributed by atoms with E-state index in [1.54, 1.807) is 0 Å². The summed E-state index contributed by atoms with van der Waals surface area (Å²) in [6.45, 7) is 5.44. The molecule has 0 aliphatic carbocycles. The molecule has 112 valence electrons. The fourth-order valence-electron chi connectivity index (χ4n) is 2.21. The van der Waals surface area contributed by atoms with Crippen molar-refractivity contribution < 1.29 is 13.2 Å². The Labute approximate surface area is 122 Å². The number of rotatable bonds is 5. The van der Waals surface area contributed by atoms with Crippen LogP contribution in [0.4, 0.5) is 13.2 Å². The first-order valence-electron chi connectivity index (χ1n) is 6.98.